The maximum Gasteiger partial charge on any atom is 0.222 e. The van der Waals surface area contributed by atoms with Gasteiger partial charge in [-0.15, -0.1) is 0 Å². The predicted molar refractivity (Wildman–Crippen MR) is 117 cm³/mol. The van der Waals surface area contributed by atoms with Gasteiger partial charge in [0.15, 0.2) is 0 Å². The second kappa shape index (κ2) is 8.22. The van der Waals surface area contributed by atoms with E-state index in [1.165, 1.54) is 41.5 Å². The average Bonchev–Trinajstić information content (AvgIpc) is 3.02. The van der Waals surface area contributed by atoms with E-state index in [9.17, 15) is 9.90 Å². The van der Waals surface area contributed by atoms with Crippen molar-refractivity contribution in [3.8, 4) is 5.75 Å². The van der Waals surface area contributed by atoms with E-state index >= 15 is 0 Å². The Kier molecular flexibility index (Phi) is 5.67. The Hall–Kier alpha value is -2.29. The van der Waals surface area contributed by atoms with E-state index in [1.54, 1.807) is 6.07 Å². The first kappa shape index (κ1) is 20.0. The summed E-state index contributed by atoms with van der Waals surface area (Å²) in [6, 6.07) is 14.4. The van der Waals surface area contributed by atoms with Crippen molar-refractivity contribution in [2.45, 2.75) is 64.2 Å². The maximum atomic E-state index is 13.1. The molecule has 0 aromatic heterocycles. The van der Waals surface area contributed by atoms with E-state index < -0.39 is 0 Å². The van der Waals surface area contributed by atoms with Crippen molar-refractivity contribution in [2.75, 3.05) is 13.1 Å². The number of rotatable bonds is 4. The van der Waals surface area contributed by atoms with E-state index in [4.69, 9.17) is 0 Å². The number of likely N-dealkylation sites (tertiary alicyclic amines) is 1. The second-order valence-corrected chi connectivity index (χ2v) is 9.17. The Bertz CT molecular complexity index is 890. The lowest BCUT2D eigenvalue weighted by molar-refractivity contribution is -0.131. The minimum absolute atomic E-state index is 0.126. The predicted octanol–water partition coefficient (Wildman–Crippen LogP) is 5.30. The third-order valence-electron chi connectivity index (χ3n) is 7.34. The summed E-state index contributed by atoms with van der Waals surface area (Å²) >= 11 is 0. The Morgan fingerprint density at radius 3 is 2.79 bits per heavy atom. The van der Waals surface area contributed by atoms with Gasteiger partial charge >= 0.3 is 0 Å². The molecule has 2 unspecified atom stereocenters. The summed E-state index contributed by atoms with van der Waals surface area (Å²) in [5.41, 5.74) is 5.22. The van der Waals surface area contributed by atoms with Crippen molar-refractivity contribution in [2.24, 2.45) is 5.92 Å². The standard InChI is InChI=1S/C26H33NO2/c1-19-9-10-20(2)21(16-19)11-12-25(29)27-15-5-14-26(13-4-7-23(26)18-27)22-6-3-8-24(28)17-22/h3,6,8-10,16-17,23,28H,4-5,7,11-15,18H2,1-2H3. The smallest absolute Gasteiger partial charge is 0.222 e. The number of phenolic OH excluding ortho intramolecular Hbond substituents is 1. The van der Waals surface area contributed by atoms with E-state index in [0.29, 0.717) is 24.0 Å². The first-order valence-electron chi connectivity index (χ1n) is 11.1. The first-order valence-corrected chi connectivity index (χ1v) is 11.1. The molecule has 29 heavy (non-hydrogen) atoms. The van der Waals surface area contributed by atoms with E-state index in [0.717, 1.165) is 32.4 Å². The van der Waals surface area contributed by atoms with Gasteiger partial charge in [0.25, 0.3) is 0 Å². The SMILES string of the molecule is Cc1ccc(C)c(CCC(=O)N2CCCC3(c4cccc(O)c4)CCCC3C2)c1. The number of aryl methyl sites for hydroxylation is 3. The number of nitrogens with zero attached hydrogens (tertiary/aromatic N) is 1. The van der Waals surface area contributed by atoms with Crippen molar-refractivity contribution in [3.05, 3.63) is 64.7 Å². The van der Waals surface area contributed by atoms with Gasteiger partial charge in [-0.1, -0.05) is 42.3 Å². The fraction of sp³-hybridized carbons (Fsp3) is 0.500. The molecule has 154 valence electrons. The molecule has 1 aliphatic heterocycles. The molecule has 3 heteroatoms. The van der Waals surface area contributed by atoms with Gasteiger partial charge in [0.1, 0.15) is 5.75 Å². The van der Waals surface area contributed by atoms with E-state index in [2.05, 4.69) is 43.0 Å². The van der Waals surface area contributed by atoms with Crippen molar-refractivity contribution < 1.29 is 9.90 Å². The third-order valence-corrected chi connectivity index (χ3v) is 7.34. The fourth-order valence-electron chi connectivity index (χ4n) is 5.72. The van der Waals surface area contributed by atoms with Gasteiger partial charge in [-0.3, -0.25) is 4.79 Å². The Balaban J connectivity index is 1.47. The van der Waals surface area contributed by atoms with Crippen molar-refractivity contribution in [1.29, 1.82) is 0 Å². The van der Waals surface area contributed by atoms with Crippen LogP contribution < -0.4 is 0 Å². The van der Waals surface area contributed by atoms with Crippen LogP contribution in [0.2, 0.25) is 0 Å². The zero-order valence-corrected chi connectivity index (χ0v) is 17.8. The van der Waals surface area contributed by atoms with Gasteiger partial charge in [-0.2, -0.15) is 0 Å². The number of amides is 1. The highest BCUT2D eigenvalue weighted by Gasteiger charge is 2.46. The number of benzene rings is 2. The van der Waals surface area contributed by atoms with Crippen molar-refractivity contribution >= 4 is 5.91 Å². The van der Waals surface area contributed by atoms with Gasteiger partial charge in [0.05, 0.1) is 0 Å². The molecular weight excluding hydrogens is 358 g/mol. The number of carbonyl (C=O) groups is 1. The van der Waals surface area contributed by atoms with Gasteiger partial charge in [0.2, 0.25) is 5.91 Å². The molecule has 2 fully saturated rings. The fourth-order valence-corrected chi connectivity index (χ4v) is 5.72. The van der Waals surface area contributed by atoms with Gasteiger partial charge in [-0.05, 0) is 80.7 Å². The van der Waals surface area contributed by atoms with Crippen LogP contribution in [-0.4, -0.2) is 29.0 Å². The summed E-state index contributed by atoms with van der Waals surface area (Å²) in [4.78, 5) is 15.2. The lowest BCUT2D eigenvalue weighted by Crippen LogP contribution is -2.38. The topological polar surface area (TPSA) is 40.5 Å². The molecule has 1 saturated carbocycles. The molecule has 4 rings (SSSR count). The van der Waals surface area contributed by atoms with E-state index in [1.807, 2.05) is 12.1 Å². The highest BCUT2D eigenvalue weighted by Crippen LogP contribution is 2.51. The van der Waals surface area contributed by atoms with Crippen LogP contribution in [0.3, 0.4) is 0 Å². The van der Waals surface area contributed by atoms with Crippen LogP contribution in [0.4, 0.5) is 0 Å². The molecule has 1 N–H and O–H groups in total. The van der Waals surface area contributed by atoms with Crippen LogP contribution in [0.5, 0.6) is 5.75 Å². The summed E-state index contributed by atoms with van der Waals surface area (Å²) in [6.45, 7) is 5.97. The zero-order chi connectivity index (χ0) is 20.4. The molecule has 0 spiro atoms. The van der Waals surface area contributed by atoms with Crippen LogP contribution in [0, 0.1) is 19.8 Å². The highest BCUT2D eigenvalue weighted by molar-refractivity contribution is 5.76. The lowest BCUT2D eigenvalue weighted by atomic mass is 9.69. The Morgan fingerprint density at radius 2 is 1.97 bits per heavy atom. The van der Waals surface area contributed by atoms with Gasteiger partial charge in [-0.25, -0.2) is 0 Å². The molecule has 2 atom stereocenters. The summed E-state index contributed by atoms with van der Waals surface area (Å²) in [5, 5.41) is 10.0. The molecule has 1 amide bonds. The van der Waals surface area contributed by atoms with Crippen LogP contribution >= 0.6 is 0 Å². The normalized spacial score (nSPS) is 24.2. The first-order chi connectivity index (χ1) is 14.0. The van der Waals surface area contributed by atoms with E-state index in [-0.39, 0.29) is 5.41 Å². The second-order valence-electron chi connectivity index (χ2n) is 9.17. The van der Waals surface area contributed by atoms with Gasteiger partial charge < -0.3 is 10.0 Å². The number of phenols is 1. The lowest BCUT2D eigenvalue weighted by Gasteiger charge is -2.36. The number of hydrogen-bond acceptors (Lipinski definition) is 2. The van der Waals surface area contributed by atoms with Crippen LogP contribution in [0.1, 0.15) is 60.8 Å². The molecule has 0 radical (unpaired) electrons. The number of aromatic hydroxyl groups is 1. The number of fused-ring (bicyclic) bond motifs is 1. The maximum absolute atomic E-state index is 13.1. The molecule has 1 heterocycles. The molecule has 1 saturated heterocycles. The number of carbonyl (C=O) groups excluding carboxylic acids is 1. The highest BCUT2D eigenvalue weighted by atomic mass is 16.3. The minimum atomic E-state index is 0.126. The molecule has 3 nitrogen and oxygen atoms in total. The summed E-state index contributed by atoms with van der Waals surface area (Å²) < 4.78 is 0. The largest absolute Gasteiger partial charge is 0.508 e. The van der Waals surface area contributed by atoms with Crippen molar-refractivity contribution in [3.63, 3.8) is 0 Å². The van der Waals surface area contributed by atoms with Crippen LogP contribution in [-0.2, 0) is 16.6 Å². The third kappa shape index (κ3) is 4.05. The minimum Gasteiger partial charge on any atom is -0.508 e. The molecule has 2 aromatic rings. The molecule has 2 aromatic carbocycles. The Labute approximate surface area is 174 Å². The van der Waals surface area contributed by atoms with Crippen molar-refractivity contribution in [1.82, 2.24) is 4.90 Å². The van der Waals surface area contributed by atoms with Crippen LogP contribution in [0.25, 0.3) is 0 Å². The molecule has 0 bridgehead atoms. The zero-order valence-electron chi connectivity index (χ0n) is 17.8. The Morgan fingerprint density at radius 1 is 1.14 bits per heavy atom. The monoisotopic (exact) mass is 391 g/mol. The summed E-state index contributed by atoms with van der Waals surface area (Å²) in [5.74, 6) is 1.15. The van der Waals surface area contributed by atoms with Gasteiger partial charge in [0, 0.05) is 24.9 Å². The quantitative estimate of drug-likeness (QED) is 0.768. The van der Waals surface area contributed by atoms with Crippen LogP contribution in [0.15, 0.2) is 42.5 Å². The summed E-state index contributed by atoms with van der Waals surface area (Å²) in [7, 11) is 0. The molecule has 2 aliphatic rings. The molecule has 1 aliphatic carbocycles. The molecular formula is C26H33NO2. The summed E-state index contributed by atoms with van der Waals surface area (Å²) in [6.07, 6.45) is 7.14. The average molecular weight is 392 g/mol. The number of hydrogen-bond donors (Lipinski definition) is 1.